The summed E-state index contributed by atoms with van der Waals surface area (Å²) in [5.41, 5.74) is -0.176. The van der Waals surface area contributed by atoms with Crippen molar-refractivity contribution in [2.75, 3.05) is 23.4 Å². The minimum absolute atomic E-state index is 0.00570. The molecule has 1 amide bonds. The Labute approximate surface area is 183 Å². The van der Waals surface area contributed by atoms with Crippen LogP contribution in [0, 0.1) is 0 Å². The average Bonchev–Trinajstić information content (AvgIpc) is 3.19. The Hall–Kier alpha value is -3.28. The summed E-state index contributed by atoms with van der Waals surface area (Å²) in [6.07, 6.45) is -3.14. The normalized spacial score (nSPS) is 14.3. The van der Waals surface area contributed by atoms with Crippen LogP contribution < -0.4 is 9.80 Å². The van der Waals surface area contributed by atoms with Crippen LogP contribution in [-0.4, -0.2) is 39.0 Å². The Bertz CT molecular complexity index is 1160. The van der Waals surface area contributed by atoms with Crippen molar-refractivity contribution in [1.29, 1.82) is 0 Å². The van der Waals surface area contributed by atoms with Crippen LogP contribution in [0.3, 0.4) is 0 Å². The van der Waals surface area contributed by atoms with Crippen LogP contribution in [0.4, 0.5) is 33.5 Å². The Morgan fingerprint density at radius 3 is 2.47 bits per heavy atom. The number of fused-ring (bicyclic) bond motifs is 1. The van der Waals surface area contributed by atoms with Crippen molar-refractivity contribution in [3.8, 4) is 11.4 Å². The first-order valence-corrected chi connectivity index (χ1v) is 9.50. The fourth-order valence-corrected chi connectivity index (χ4v) is 3.43. The van der Waals surface area contributed by atoms with Gasteiger partial charge in [-0.25, -0.2) is 9.97 Å². The first-order chi connectivity index (χ1) is 15.0. The molecule has 1 aliphatic heterocycles. The lowest BCUT2D eigenvalue weighted by atomic mass is 10.1. The van der Waals surface area contributed by atoms with E-state index < -0.39 is 24.2 Å². The number of aromatic nitrogens is 4. The summed E-state index contributed by atoms with van der Waals surface area (Å²) in [4.78, 5) is 26.8. The standard InChI is InChI=1S/C19H14ClF5N6O/c1-29-12-6-26-17(20)28-16(12)30(9-14(29)32)7-10-2-4-11(5-3-10)15-27-13(19(23,24)25)8-31(15)18(21)22/h2-6,8,18H,7,9H2,1H3. The Kier molecular flexibility index (Phi) is 5.49. The highest BCUT2D eigenvalue weighted by molar-refractivity contribution is 6.28. The van der Waals surface area contributed by atoms with Crippen molar-refractivity contribution in [3.63, 3.8) is 0 Å². The second kappa shape index (κ2) is 8.01. The molecule has 0 saturated carbocycles. The van der Waals surface area contributed by atoms with Gasteiger partial charge in [0.25, 0.3) is 0 Å². The van der Waals surface area contributed by atoms with Crippen molar-refractivity contribution in [3.05, 3.63) is 53.2 Å². The third kappa shape index (κ3) is 4.09. The van der Waals surface area contributed by atoms with Crippen LogP contribution in [0.25, 0.3) is 11.4 Å². The van der Waals surface area contributed by atoms with Gasteiger partial charge in [-0.05, 0) is 17.2 Å². The maximum Gasteiger partial charge on any atom is 0.434 e. The molecule has 1 aliphatic rings. The molecule has 0 bridgehead atoms. The fourth-order valence-electron chi connectivity index (χ4n) is 3.30. The van der Waals surface area contributed by atoms with Gasteiger partial charge in [0, 0.05) is 25.4 Å². The highest BCUT2D eigenvalue weighted by atomic mass is 35.5. The Morgan fingerprint density at radius 1 is 1.16 bits per heavy atom. The lowest BCUT2D eigenvalue weighted by Gasteiger charge is -2.34. The van der Waals surface area contributed by atoms with E-state index in [-0.39, 0.29) is 40.6 Å². The lowest BCUT2D eigenvalue weighted by Crippen LogP contribution is -2.44. The SMILES string of the molecule is CN1C(=O)CN(Cc2ccc(-c3nc(C(F)(F)F)cn3C(F)F)cc2)c2nc(Cl)ncc21. The van der Waals surface area contributed by atoms with Gasteiger partial charge in [0.2, 0.25) is 11.2 Å². The van der Waals surface area contributed by atoms with Crippen LogP contribution in [0.15, 0.2) is 36.7 Å². The molecule has 7 nitrogen and oxygen atoms in total. The van der Waals surface area contributed by atoms with Gasteiger partial charge in [0.05, 0.1) is 12.7 Å². The summed E-state index contributed by atoms with van der Waals surface area (Å²) < 4.78 is 65.4. The number of anilines is 2. The molecule has 0 fully saturated rings. The molecule has 32 heavy (non-hydrogen) atoms. The number of carbonyl (C=O) groups excluding carboxylic acids is 1. The zero-order valence-electron chi connectivity index (χ0n) is 16.3. The number of amides is 1. The number of halogens is 6. The molecule has 1 aromatic carbocycles. The van der Waals surface area contributed by atoms with E-state index in [1.165, 1.54) is 23.2 Å². The molecule has 0 radical (unpaired) electrons. The molecule has 0 N–H and O–H groups in total. The number of nitrogens with zero attached hydrogens (tertiary/aromatic N) is 6. The highest BCUT2D eigenvalue weighted by Gasteiger charge is 2.36. The maximum absolute atomic E-state index is 13.2. The van der Waals surface area contributed by atoms with Gasteiger partial charge in [-0.3, -0.25) is 9.36 Å². The van der Waals surface area contributed by atoms with Crippen molar-refractivity contribution in [2.45, 2.75) is 19.3 Å². The average molecular weight is 473 g/mol. The summed E-state index contributed by atoms with van der Waals surface area (Å²) in [5.74, 6) is -0.253. The van der Waals surface area contributed by atoms with Gasteiger partial charge < -0.3 is 9.80 Å². The molecule has 0 aliphatic carbocycles. The van der Waals surface area contributed by atoms with E-state index in [9.17, 15) is 26.7 Å². The second-order valence-corrected chi connectivity index (χ2v) is 7.32. The van der Waals surface area contributed by atoms with Crippen molar-refractivity contribution in [2.24, 2.45) is 0 Å². The van der Waals surface area contributed by atoms with Gasteiger partial charge in [-0.15, -0.1) is 0 Å². The molecule has 0 atom stereocenters. The predicted octanol–water partition coefficient (Wildman–Crippen LogP) is 4.39. The lowest BCUT2D eigenvalue weighted by molar-refractivity contribution is -0.141. The third-order valence-corrected chi connectivity index (χ3v) is 5.08. The van der Waals surface area contributed by atoms with Crippen LogP contribution >= 0.6 is 11.6 Å². The summed E-state index contributed by atoms with van der Waals surface area (Å²) in [5, 5.41) is 0.00570. The largest absolute Gasteiger partial charge is 0.434 e. The monoisotopic (exact) mass is 472 g/mol. The highest BCUT2D eigenvalue weighted by Crippen LogP contribution is 2.34. The van der Waals surface area contributed by atoms with Gasteiger partial charge in [0.15, 0.2) is 11.5 Å². The van der Waals surface area contributed by atoms with E-state index in [1.54, 1.807) is 24.1 Å². The smallest absolute Gasteiger partial charge is 0.341 e. The van der Waals surface area contributed by atoms with Crippen LogP contribution in [0.2, 0.25) is 5.28 Å². The Balaban J connectivity index is 1.62. The summed E-state index contributed by atoms with van der Waals surface area (Å²) in [6, 6.07) is 5.89. The van der Waals surface area contributed by atoms with E-state index in [4.69, 9.17) is 11.6 Å². The fraction of sp³-hybridized carbons (Fsp3) is 0.263. The van der Waals surface area contributed by atoms with Crippen molar-refractivity contribution in [1.82, 2.24) is 19.5 Å². The number of hydrogen-bond acceptors (Lipinski definition) is 5. The molecule has 0 unspecified atom stereocenters. The molecular weight excluding hydrogens is 459 g/mol. The summed E-state index contributed by atoms with van der Waals surface area (Å²) in [6.45, 7) is -2.95. The van der Waals surface area contributed by atoms with Gasteiger partial charge >= 0.3 is 12.7 Å². The van der Waals surface area contributed by atoms with Crippen LogP contribution in [-0.2, 0) is 17.5 Å². The van der Waals surface area contributed by atoms with E-state index in [2.05, 4.69) is 15.0 Å². The number of alkyl halides is 5. The van der Waals surface area contributed by atoms with Gasteiger partial charge in [-0.2, -0.15) is 26.9 Å². The predicted molar refractivity (Wildman–Crippen MR) is 105 cm³/mol. The molecule has 0 spiro atoms. The molecule has 2 aromatic heterocycles. The number of likely N-dealkylation sites (N-methyl/N-ethyl adjacent to an activating group) is 1. The molecule has 168 valence electrons. The number of imidazole rings is 1. The van der Waals surface area contributed by atoms with E-state index >= 15 is 0 Å². The molecule has 4 rings (SSSR count). The topological polar surface area (TPSA) is 67.2 Å². The zero-order valence-corrected chi connectivity index (χ0v) is 17.1. The van der Waals surface area contributed by atoms with E-state index in [1.807, 2.05) is 0 Å². The molecular formula is C19H14ClF5N6O. The third-order valence-electron chi connectivity index (χ3n) is 4.90. The second-order valence-electron chi connectivity index (χ2n) is 6.99. The minimum Gasteiger partial charge on any atom is -0.341 e. The first-order valence-electron chi connectivity index (χ1n) is 9.12. The van der Waals surface area contributed by atoms with Gasteiger partial charge in [-0.1, -0.05) is 24.3 Å². The number of rotatable bonds is 4. The quantitative estimate of drug-likeness (QED) is 0.416. The summed E-state index contributed by atoms with van der Waals surface area (Å²) >= 11 is 5.89. The number of hydrogen-bond donors (Lipinski definition) is 0. The Morgan fingerprint density at radius 2 is 1.84 bits per heavy atom. The van der Waals surface area contributed by atoms with Gasteiger partial charge in [0.1, 0.15) is 11.5 Å². The number of carbonyl (C=O) groups is 1. The van der Waals surface area contributed by atoms with Crippen LogP contribution in [0.1, 0.15) is 17.8 Å². The number of benzene rings is 1. The zero-order chi connectivity index (χ0) is 23.2. The van der Waals surface area contributed by atoms with Crippen LogP contribution in [0.5, 0.6) is 0 Å². The molecule has 3 aromatic rings. The first kappa shape index (κ1) is 21.9. The minimum atomic E-state index is -4.85. The molecule has 3 heterocycles. The summed E-state index contributed by atoms with van der Waals surface area (Å²) in [7, 11) is 1.59. The molecule has 0 saturated heterocycles. The molecule has 13 heteroatoms. The van der Waals surface area contributed by atoms with Crippen molar-refractivity contribution < 1.29 is 26.7 Å². The van der Waals surface area contributed by atoms with Crippen molar-refractivity contribution >= 4 is 29.0 Å². The maximum atomic E-state index is 13.2. The van der Waals surface area contributed by atoms with E-state index in [0.29, 0.717) is 17.1 Å². The van der Waals surface area contributed by atoms with E-state index in [0.717, 1.165) is 0 Å².